The fourth-order valence-corrected chi connectivity index (χ4v) is 1.29. The van der Waals surface area contributed by atoms with Gasteiger partial charge in [0.25, 0.3) is 0 Å². The SMILES string of the molecule is N#C/C=C/c1sccc1N. The molecule has 0 spiro atoms. The van der Waals surface area contributed by atoms with Crippen molar-refractivity contribution < 1.29 is 0 Å². The molecule has 50 valence electrons. The first-order chi connectivity index (χ1) is 4.84. The number of rotatable bonds is 1. The molecule has 1 heterocycles. The normalized spacial score (nSPS) is 9.90. The molecule has 0 unspecified atom stereocenters. The van der Waals surface area contributed by atoms with Crippen LogP contribution in [-0.4, -0.2) is 0 Å². The van der Waals surface area contributed by atoms with Gasteiger partial charge in [0.15, 0.2) is 0 Å². The number of nitrogens with zero attached hydrogens (tertiary/aromatic N) is 1. The first-order valence-electron chi connectivity index (χ1n) is 2.73. The molecular formula is C7H6N2S. The summed E-state index contributed by atoms with van der Waals surface area (Å²) in [4.78, 5) is 0.946. The zero-order chi connectivity index (χ0) is 7.40. The van der Waals surface area contributed by atoms with Crippen molar-refractivity contribution in [2.75, 3.05) is 5.73 Å². The van der Waals surface area contributed by atoms with Gasteiger partial charge in [0.2, 0.25) is 0 Å². The highest BCUT2D eigenvalue weighted by molar-refractivity contribution is 7.11. The third-order valence-corrected chi connectivity index (χ3v) is 1.93. The van der Waals surface area contributed by atoms with Crippen LogP contribution in [0.4, 0.5) is 5.69 Å². The molecule has 1 aromatic heterocycles. The van der Waals surface area contributed by atoms with Crippen LogP contribution in [0.15, 0.2) is 17.5 Å². The largest absolute Gasteiger partial charge is 0.398 e. The number of thiophene rings is 1. The second kappa shape index (κ2) is 3.04. The fraction of sp³-hybridized carbons (Fsp3) is 0. The highest BCUT2D eigenvalue weighted by Gasteiger charge is 1.92. The van der Waals surface area contributed by atoms with Crippen LogP contribution in [0.25, 0.3) is 6.08 Å². The third-order valence-electron chi connectivity index (χ3n) is 1.04. The minimum atomic E-state index is 0.733. The Morgan fingerprint density at radius 3 is 3.00 bits per heavy atom. The van der Waals surface area contributed by atoms with E-state index in [1.54, 1.807) is 6.08 Å². The molecule has 1 aromatic rings. The smallest absolute Gasteiger partial charge is 0.0912 e. The molecule has 0 radical (unpaired) electrons. The van der Waals surface area contributed by atoms with E-state index in [1.807, 2.05) is 17.5 Å². The predicted molar refractivity (Wildman–Crippen MR) is 43.4 cm³/mol. The summed E-state index contributed by atoms with van der Waals surface area (Å²) in [6.07, 6.45) is 3.13. The highest BCUT2D eigenvalue weighted by Crippen LogP contribution is 2.19. The molecular weight excluding hydrogens is 144 g/mol. The maximum atomic E-state index is 8.18. The first-order valence-corrected chi connectivity index (χ1v) is 3.61. The molecule has 0 saturated carbocycles. The number of nitrogens with two attached hydrogens (primary N) is 1. The number of nitrogen functional groups attached to an aromatic ring is 1. The lowest BCUT2D eigenvalue weighted by Crippen LogP contribution is -1.80. The standard InChI is InChI=1S/C7H6N2S/c8-4-1-2-7-6(9)3-5-10-7/h1-3,5H,9H2/b2-1+. The van der Waals surface area contributed by atoms with E-state index in [9.17, 15) is 0 Å². The van der Waals surface area contributed by atoms with Crippen molar-refractivity contribution in [2.45, 2.75) is 0 Å². The van der Waals surface area contributed by atoms with Crippen molar-refractivity contribution in [1.82, 2.24) is 0 Å². The monoisotopic (exact) mass is 150 g/mol. The molecule has 2 N–H and O–H groups in total. The highest BCUT2D eigenvalue weighted by atomic mass is 32.1. The quantitative estimate of drug-likeness (QED) is 0.621. The Morgan fingerprint density at radius 2 is 2.50 bits per heavy atom. The van der Waals surface area contributed by atoms with E-state index in [2.05, 4.69) is 0 Å². The third kappa shape index (κ3) is 1.36. The van der Waals surface area contributed by atoms with Crippen LogP contribution in [0.1, 0.15) is 4.88 Å². The summed E-state index contributed by atoms with van der Waals surface area (Å²) in [5, 5.41) is 10.1. The minimum Gasteiger partial charge on any atom is -0.398 e. The summed E-state index contributed by atoms with van der Waals surface area (Å²) in [6, 6.07) is 3.72. The molecule has 0 aliphatic heterocycles. The Kier molecular flexibility index (Phi) is 2.08. The van der Waals surface area contributed by atoms with Gasteiger partial charge in [-0.05, 0) is 17.5 Å². The van der Waals surface area contributed by atoms with Crippen LogP contribution in [0, 0.1) is 11.3 Å². The Hall–Kier alpha value is -1.27. The van der Waals surface area contributed by atoms with Gasteiger partial charge in [-0.15, -0.1) is 11.3 Å². The molecule has 3 heteroatoms. The molecule has 0 fully saturated rings. The Balaban J connectivity index is 2.87. The zero-order valence-electron chi connectivity index (χ0n) is 5.24. The van der Waals surface area contributed by atoms with Crippen LogP contribution in [-0.2, 0) is 0 Å². The van der Waals surface area contributed by atoms with Crippen molar-refractivity contribution in [3.05, 3.63) is 22.4 Å². The summed E-state index contributed by atoms with van der Waals surface area (Å²) >= 11 is 1.53. The van der Waals surface area contributed by atoms with E-state index in [-0.39, 0.29) is 0 Å². The Labute approximate surface area is 63.2 Å². The molecule has 10 heavy (non-hydrogen) atoms. The van der Waals surface area contributed by atoms with E-state index in [4.69, 9.17) is 11.0 Å². The number of anilines is 1. The number of nitriles is 1. The summed E-state index contributed by atoms with van der Waals surface area (Å²) in [5.41, 5.74) is 6.26. The lowest BCUT2D eigenvalue weighted by Gasteiger charge is -1.84. The van der Waals surface area contributed by atoms with Crippen LogP contribution >= 0.6 is 11.3 Å². The summed E-state index contributed by atoms with van der Waals surface area (Å²) in [6.45, 7) is 0. The van der Waals surface area contributed by atoms with Gasteiger partial charge < -0.3 is 5.73 Å². The molecule has 0 aromatic carbocycles. The van der Waals surface area contributed by atoms with Crippen molar-refractivity contribution in [1.29, 1.82) is 5.26 Å². The predicted octanol–water partition coefficient (Wildman–Crippen LogP) is 1.87. The second-order valence-corrected chi connectivity index (χ2v) is 2.65. The fourth-order valence-electron chi connectivity index (χ4n) is 0.579. The van der Waals surface area contributed by atoms with Gasteiger partial charge in [-0.1, -0.05) is 0 Å². The molecule has 0 bridgehead atoms. The molecule has 0 aliphatic rings. The summed E-state index contributed by atoms with van der Waals surface area (Å²) < 4.78 is 0. The van der Waals surface area contributed by atoms with Crippen molar-refractivity contribution in [3.63, 3.8) is 0 Å². The lowest BCUT2D eigenvalue weighted by molar-refractivity contribution is 1.54. The van der Waals surface area contributed by atoms with Crippen LogP contribution in [0.3, 0.4) is 0 Å². The van der Waals surface area contributed by atoms with Gasteiger partial charge in [-0.3, -0.25) is 0 Å². The van der Waals surface area contributed by atoms with Gasteiger partial charge in [-0.2, -0.15) is 5.26 Å². The molecule has 0 saturated heterocycles. The topological polar surface area (TPSA) is 49.8 Å². The van der Waals surface area contributed by atoms with Crippen molar-refractivity contribution in [2.24, 2.45) is 0 Å². The van der Waals surface area contributed by atoms with Gasteiger partial charge >= 0.3 is 0 Å². The molecule has 2 nitrogen and oxygen atoms in total. The number of hydrogen-bond acceptors (Lipinski definition) is 3. The van der Waals surface area contributed by atoms with Gasteiger partial charge in [0, 0.05) is 11.8 Å². The van der Waals surface area contributed by atoms with Gasteiger partial charge in [0.1, 0.15) is 0 Å². The Morgan fingerprint density at radius 1 is 1.70 bits per heavy atom. The van der Waals surface area contributed by atoms with E-state index < -0.39 is 0 Å². The zero-order valence-corrected chi connectivity index (χ0v) is 6.06. The molecule has 1 rings (SSSR count). The molecule has 0 amide bonds. The van der Waals surface area contributed by atoms with E-state index in [0.29, 0.717) is 0 Å². The van der Waals surface area contributed by atoms with Gasteiger partial charge in [-0.25, -0.2) is 0 Å². The minimum absolute atomic E-state index is 0.733. The van der Waals surface area contributed by atoms with E-state index in [0.717, 1.165) is 10.6 Å². The number of allylic oxidation sites excluding steroid dienone is 1. The maximum absolute atomic E-state index is 8.18. The average Bonchev–Trinajstić information content (AvgIpc) is 2.31. The van der Waals surface area contributed by atoms with Crippen LogP contribution in [0.2, 0.25) is 0 Å². The van der Waals surface area contributed by atoms with E-state index in [1.165, 1.54) is 17.4 Å². The van der Waals surface area contributed by atoms with Crippen molar-refractivity contribution in [3.8, 4) is 6.07 Å². The average molecular weight is 150 g/mol. The summed E-state index contributed by atoms with van der Waals surface area (Å²) in [7, 11) is 0. The van der Waals surface area contributed by atoms with Crippen molar-refractivity contribution >= 4 is 23.1 Å². The molecule has 0 aliphatic carbocycles. The van der Waals surface area contributed by atoms with E-state index >= 15 is 0 Å². The lowest BCUT2D eigenvalue weighted by atomic mass is 10.4. The summed E-state index contributed by atoms with van der Waals surface area (Å²) in [5.74, 6) is 0. The maximum Gasteiger partial charge on any atom is 0.0912 e. The second-order valence-electron chi connectivity index (χ2n) is 1.70. The molecule has 0 atom stereocenters. The van der Waals surface area contributed by atoms with Gasteiger partial charge in [0.05, 0.1) is 10.9 Å². The van der Waals surface area contributed by atoms with Crippen LogP contribution < -0.4 is 5.73 Å². The first kappa shape index (κ1) is 6.84. The Bertz CT molecular complexity index is 280. The van der Waals surface area contributed by atoms with Crippen LogP contribution in [0.5, 0.6) is 0 Å². The number of hydrogen-bond donors (Lipinski definition) is 1.